The zero-order chi connectivity index (χ0) is 20.8. The van der Waals surface area contributed by atoms with E-state index in [-0.39, 0.29) is 18.2 Å². The molecule has 29 heavy (non-hydrogen) atoms. The number of ether oxygens (including phenoxy) is 2. The van der Waals surface area contributed by atoms with Crippen LogP contribution in [0.5, 0.6) is 11.5 Å². The number of aliphatic imine (C=N–C) groups is 1. The van der Waals surface area contributed by atoms with Gasteiger partial charge in [-0.15, -0.1) is 0 Å². The molecule has 0 aliphatic carbocycles. The quantitative estimate of drug-likeness (QED) is 0.781. The number of rotatable bonds is 6. The van der Waals surface area contributed by atoms with Crippen LogP contribution in [0.4, 0.5) is 11.4 Å². The molecule has 8 heteroatoms. The average molecular weight is 413 g/mol. The smallest absolute Gasteiger partial charge is 0.238 e. The summed E-state index contributed by atoms with van der Waals surface area (Å²) in [7, 11) is 3.13. The summed E-state index contributed by atoms with van der Waals surface area (Å²) in [6, 6.07) is 14.4. The monoisotopic (exact) mass is 413 g/mol. The number of amides is 2. The molecule has 1 saturated heterocycles. The molecule has 3 rings (SSSR count). The SMILES string of the molecule is CCN1C(=O)CC(C(=O)Nc2ccccc2OC)SC1=Nc1cccc(OC)c1. The number of hydrogen-bond donors (Lipinski definition) is 1. The summed E-state index contributed by atoms with van der Waals surface area (Å²) in [5.41, 5.74) is 1.22. The van der Waals surface area contributed by atoms with Gasteiger partial charge in [-0.1, -0.05) is 30.0 Å². The van der Waals surface area contributed by atoms with E-state index in [2.05, 4.69) is 10.3 Å². The highest BCUT2D eigenvalue weighted by molar-refractivity contribution is 8.15. The average Bonchev–Trinajstić information content (AvgIpc) is 2.74. The fourth-order valence-corrected chi connectivity index (χ4v) is 4.07. The van der Waals surface area contributed by atoms with E-state index in [9.17, 15) is 9.59 Å². The van der Waals surface area contributed by atoms with Gasteiger partial charge in [-0.25, -0.2) is 4.99 Å². The normalized spacial score (nSPS) is 17.9. The summed E-state index contributed by atoms with van der Waals surface area (Å²) in [6.07, 6.45) is 0.108. The molecule has 1 atom stereocenters. The van der Waals surface area contributed by atoms with Crippen LogP contribution < -0.4 is 14.8 Å². The fraction of sp³-hybridized carbons (Fsp3) is 0.286. The number of nitrogens with one attached hydrogen (secondary N) is 1. The van der Waals surface area contributed by atoms with Gasteiger partial charge in [0.05, 0.1) is 25.6 Å². The van der Waals surface area contributed by atoms with Crippen LogP contribution in [0.25, 0.3) is 0 Å². The van der Waals surface area contributed by atoms with Gasteiger partial charge < -0.3 is 14.8 Å². The third-order valence-electron chi connectivity index (χ3n) is 4.39. The van der Waals surface area contributed by atoms with E-state index in [0.29, 0.717) is 34.6 Å². The highest BCUT2D eigenvalue weighted by Crippen LogP contribution is 2.31. The van der Waals surface area contributed by atoms with Gasteiger partial charge in [-0.05, 0) is 31.2 Å². The minimum Gasteiger partial charge on any atom is -0.497 e. The first-order chi connectivity index (χ1) is 14.0. The van der Waals surface area contributed by atoms with Crippen LogP contribution in [0.15, 0.2) is 53.5 Å². The van der Waals surface area contributed by atoms with Crippen molar-refractivity contribution in [1.82, 2.24) is 4.90 Å². The van der Waals surface area contributed by atoms with Crippen LogP contribution in [0.3, 0.4) is 0 Å². The Labute approximate surface area is 174 Å². The highest BCUT2D eigenvalue weighted by atomic mass is 32.2. The molecule has 0 bridgehead atoms. The van der Waals surface area contributed by atoms with Crippen LogP contribution in [0.2, 0.25) is 0 Å². The Bertz CT molecular complexity index is 932. The van der Waals surface area contributed by atoms with Crippen molar-refractivity contribution in [2.75, 3.05) is 26.1 Å². The number of anilines is 1. The Morgan fingerprint density at radius 2 is 2.00 bits per heavy atom. The summed E-state index contributed by atoms with van der Waals surface area (Å²) in [5, 5.41) is 2.77. The number of carbonyl (C=O) groups is 2. The molecule has 1 aliphatic rings. The lowest BCUT2D eigenvalue weighted by Gasteiger charge is -2.31. The van der Waals surface area contributed by atoms with Crippen molar-refractivity contribution < 1.29 is 19.1 Å². The summed E-state index contributed by atoms with van der Waals surface area (Å²) < 4.78 is 10.5. The Balaban J connectivity index is 1.83. The number of methoxy groups -OCH3 is 2. The van der Waals surface area contributed by atoms with Gasteiger partial charge in [0.1, 0.15) is 16.7 Å². The molecule has 1 heterocycles. The first kappa shape index (κ1) is 20.7. The largest absolute Gasteiger partial charge is 0.497 e. The number of benzene rings is 2. The minimum atomic E-state index is -0.584. The Morgan fingerprint density at radius 3 is 2.72 bits per heavy atom. The van der Waals surface area contributed by atoms with Gasteiger partial charge in [-0.3, -0.25) is 14.5 Å². The summed E-state index contributed by atoms with van der Waals surface area (Å²) >= 11 is 1.28. The van der Waals surface area contributed by atoms with E-state index in [1.165, 1.54) is 11.8 Å². The third kappa shape index (κ3) is 4.89. The number of para-hydroxylation sites is 2. The maximum Gasteiger partial charge on any atom is 0.238 e. The maximum absolute atomic E-state index is 12.8. The fourth-order valence-electron chi connectivity index (χ4n) is 2.90. The zero-order valence-corrected chi connectivity index (χ0v) is 17.4. The molecule has 1 N–H and O–H groups in total. The predicted molar refractivity (Wildman–Crippen MR) is 115 cm³/mol. The molecule has 1 aliphatic heterocycles. The zero-order valence-electron chi connectivity index (χ0n) is 16.5. The van der Waals surface area contributed by atoms with Gasteiger partial charge >= 0.3 is 0 Å². The van der Waals surface area contributed by atoms with Crippen LogP contribution in [0, 0.1) is 0 Å². The van der Waals surface area contributed by atoms with Gasteiger partial charge in [0.2, 0.25) is 11.8 Å². The molecular weight excluding hydrogens is 390 g/mol. The van der Waals surface area contributed by atoms with Crippen LogP contribution >= 0.6 is 11.8 Å². The number of thioether (sulfide) groups is 1. The van der Waals surface area contributed by atoms with Crippen LogP contribution in [-0.2, 0) is 9.59 Å². The van der Waals surface area contributed by atoms with Crippen molar-refractivity contribution in [3.8, 4) is 11.5 Å². The second kappa shape index (κ2) is 9.47. The molecule has 152 valence electrons. The molecule has 0 aromatic heterocycles. The van der Waals surface area contributed by atoms with Gasteiger partial charge in [0, 0.05) is 19.0 Å². The van der Waals surface area contributed by atoms with Crippen molar-refractivity contribution >= 4 is 40.1 Å². The lowest BCUT2D eigenvalue weighted by molar-refractivity contribution is -0.129. The number of hydrogen-bond acceptors (Lipinski definition) is 6. The van der Waals surface area contributed by atoms with Crippen molar-refractivity contribution in [1.29, 1.82) is 0 Å². The first-order valence-corrected chi connectivity index (χ1v) is 10.1. The molecule has 0 saturated carbocycles. The molecule has 7 nitrogen and oxygen atoms in total. The molecule has 2 aromatic rings. The van der Waals surface area contributed by atoms with Crippen molar-refractivity contribution in [2.45, 2.75) is 18.6 Å². The summed E-state index contributed by atoms with van der Waals surface area (Å²) in [4.78, 5) is 31.7. The molecule has 1 fully saturated rings. The van der Waals surface area contributed by atoms with E-state index < -0.39 is 5.25 Å². The van der Waals surface area contributed by atoms with Gasteiger partial charge in [-0.2, -0.15) is 0 Å². The Kier molecular flexibility index (Phi) is 6.77. The van der Waals surface area contributed by atoms with Gasteiger partial charge in [0.25, 0.3) is 0 Å². The van der Waals surface area contributed by atoms with Crippen molar-refractivity contribution in [2.24, 2.45) is 4.99 Å². The van der Waals surface area contributed by atoms with E-state index in [1.54, 1.807) is 37.3 Å². The number of carbonyl (C=O) groups excluding carboxylic acids is 2. The lowest BCUT2D eigenvalue weighted by atomic mass is 10.2. The van der Waals surface area contributed by atoms with Crippen molar-refractivity contribution in [3.63, 3.8) is 0 Å². The van der Waals surface area contributed by atoms with Gasteiger partial charge in [0.15, 0.2) is 5.17 Å². The molecular formula is C21H23N3O4S. The first-order valence-electron chi connectivity index (χ1n) is 9.19. The summed E-state index contributed by atoms with van der Waals surface area (Å²) in [6.45, 7) is 2.37. The summed E-state index contributed by atoms with van der Waals surface area (Å²) in [5.74, 6) is 0.843. The second-order valence-electron chi connectivity index (χ2n) is 6.23. The molecule has 2 aromatic carbocycles. The standard InChI is InChI=1S/C21H23N3O4S/c1-4-24-19(25)13-18(20(26)23-16-10-5-6-11-17(16)28-3)29-21(24)22-14-8-7-9-15(12-14)27-2/h5-12,18H,4,13H2,1-3H3,(H,23,26). The topological polar surface area (TPSA) is 80.2 Å². The molecule has 1 unspecified atom stereocenters. The number of amidine groups is 1. The molecule has 0 radical (unpaired) electrons. The molecule has 2 amide bonds. The van der Waals surface area contributed by atoms with E-state index in [4.69, 9.17) is 9.47 Å². The maximum atomic E-state index is 12.8. The Morgan fingerprint density at radius 1 is 1.21 bits per heavy atom. The highest BCUT2D eigenvalue weighted by Gasteiger charge is 2.35. The second-order valence-corrected chi connectivity index (χ2v) is 7.40. The Hall–Kier alpha value is -3.00. The third-order valence-corrected chi connectivity index (χ3v) is 5.58. The van der Waals surface area contributed by atoms with E-state index >= 15 is 0 Å². The van der Waals surface area contributed by atoms with E-state index in [1.807, 2.05) is 37.3 Å². The minimum absolute atomic E-state index is 0.108. The number of nitrogens with zero attached hydrogens (tertiary/aromatic N) is 2. The van der Waals surface area contributed by atoms with Crippen LogP contribution in [-0.4, -0.2) is 47.9 Å². The van der Waals surface area contributed by atoms with E-state index in [0.717, 1.165) is 0 Å². The lowest BCUT2D eigenvalue weighted by Crippen LogP contribution is -2.45. The molecule has 0 spiro atoms. The van der Waals surface area contributed by atoms with Crippen LogP contribution in [0.1, 0.15) is 13.3 Å². The predicted octanol–water partition coefficient (Wildman–Crippen LogP) is 3.68. The van der Waals surface area contributed by atoms with Crippen molar-refractivity contribution in [3.05, 3.63) is 48.5 Å².